The fraction of sp³-hybridized carbons (Fsp3) is 0.611. The van der Waals surface area contributed by atoms with Gasteiger partial charge in [-0.25, -0.2) is 8.42 Å². The van der Waals surface area contributed by atoms with Crippen LogP contribution in [0.5, 0.6) is 0 Å². The maximum Gasteiger partial charge on any atom is 0.245 e. The lowest BCUT2D eigenvalue weighted by Crippen LogP contribution is -2.42. The molecule has 1 amide bonds. The Morgan fingerprint density at radius 1 is 1.16 bits per heavy atom. The molecule has 5 nitrogen and oxygen atoms in total. The second-order valence-corrected chi connectivity index (χ2v) is 10.2. The number of carbonyl (C=O) groups excluding carboxylic acids is 1. The lowest BCUT2D eigenvalue weighted by atomic mass is 10.1. The summed E-state index contributed by atoms with van der Waals surface area (Å²) < 4.78 is 29.2. The number of hydrogen-bond acceptors (Lipinski definition) is 3. The summed E-state index contributed by atoms with van der Waals surface area (Å²) in [7, 11) is -3.62. The highest BCUT2D eigenvalue weighted by Gasteiger charge is 2.41. The van der Waals surface area contributed by atoms with Gasteiger partial charge in [0.15, 0.2) is 0 Å². The van der Waals surface area contributed by atoms with E-state index < -0.39 is 10.0 Å². The van der Waals surface area contributed by atoms with Crippen molar-refractivity contribution in [1.82, 2.24) is 4.31 Å². The quantitative estimate of drug-likeness (QED) is 0.744. The largest absolute Gasteiger partial charge is 0.310 e. The van der Waals surface area contributed by atoms with Crippen LogP contribution in [0.25, 0.3) is 0 Å². The topological polar surface area (TPSA) is 57.7 Å². The Kier molecular flexibility index (Phi) is 4.45. The number of carbonyl (C=O) groups is 1. The van der Waals surface area contributed by atoms with E-state index in [1.54, 1.807) is 15.3 Å². The number of halogens is 1. The molecule has 0 N–H and O–H groups in total. The molecule has 0 unspecified atom stereocenters. The number of sulfonamides is 1. The highest BCUT2D eigenvalue weighted by molar-refractivity contribution is 9.10. The first kappa shape index (κ1) is 17.5. The second-order valence-electron chi connectivity index (χ2n) is 7.39. The zero-order valence-corrected chi connectivity index (χ0v) is 16.8. The first-order chi connectivity index (χ1) is 11.9. The van der Waals surface area contributed by atoms with E-state index in [1.807, 2.05) is 13.0 Å². The molecule has 2 fully saturated rings. The Morgan fingerprint density at radius 3 is 2.60 bits per heavy atom. The maximum atomic E-state index is 13.4. The Balaban J connectivity index is 1.80. The lowest BCUT2D eigenvalue weighted by molar-refractivity contribution is -0.119. The zero-order chi connectivity index (χ0) is 17.8. The predicted octanol–water partition coefficient (Wildman–Crippen LogP) is 3.31. The van der Waals surface area contributed by atoms with Crippen molar-refractivity contribution in [3.05, 3.63) is 22.2 Å². The molecule has 7 heteroatoms. The van der Waals surface area contributed by atoms with Gasteiger partial charge in [0.1, 0.15) is 4.90 Å². The molecule has 0 spiro atoms. The van der Waals surface area contributed by atoms with Crippen LogP contribution in [0.3, 0.4) is 0 Å². The first-order valence-corrected chi connectivity index (χ1v) is 11.3. The average Bonchev–Trinajstić information content (AvgIpc) is 3.34. The van der Waals surface area contributed by atoms with Gasteiger partial charge in [0.05, 0.1) is 5.69 Å². The van der Waals surface area contributed by atoms with E-state index in [2.05, 4.69) is 15.9 Å². The molecule has 3 aliphatic rings. The number of anilines is 1. The minimum Gasteiger partial charge on any atom is -0.310 e. The molecule has 25 heavy (non-hydrogen) atoms. The van der Waals surface area contributed by atoms with E-state index in [-0.39, 0.29) is 22.8 Å². The standard InChI is InChI=1S/C18H23BrN2O3S/c1-12-4-2-3-8-21(12)25(23,24)16-11-15(19)10-14-7-9-20(17(14)16)18(22)13-5-6-13/h10-13H,2-9H2,1H3/t12-/m1/s1. The zero-order valence-electron chi connectivity index (χ0n) is 14.4. The van der Waals surface area contributed by atoms with Gasteiger partial charge in [-0.3, -0.25) is 4.79 Å². The van der Waals surface area contributed by atoms with Crippen molar-refractivity contribution in [2.45, 2.75) is 56.4 Å². The van der Waals surface area contributed by atoms with Crippen LogP contribution in [0, 0.1) is 5.92 Å². The van der Waals surface area contributed by atoms with Crippen molar-refractivity contribution < 1.29 is 13.2 Å². The van der Waals surface area contributed by atoms with E-state index >= 15 is 0 Å². The Bertz CT molecular complexity index is 820. The van der Waals surface area contributed by atoms with Crippen LogP contribution in [-0.2, 0) is 21.2 Å². The lowest BCUT2D eigenvalue weighted by Gasteiger charge is -2.33. The normalized spacial score (nSPS) is 24.4. The smallest absolute Gasteiger partial charge is 0.245 e. The number of piperidine rings is 1. The molecule has 1 saturated carbocycles. The summed E-state index contributed by atoms with van der Waals surface area (Å²) in [6.07, 6.45) is 5.41. The van der Waals surface area contributed by atoms with E-state index in [0.717, 1.165) is 42.1 Å². The van der Waals surface area contributed by atoms with Crippen LogP contribution in [0.1, 0.15) is 44.6 Å². The molecular formula is C18H23BrN2O3S. The summed E-state index contributed by atoms with van der Waals surface area (Å²) in [5, 5.41) is 0. The van der Waals surface area contributed by atoms with Gasteiger partial charge in [0.25, 0.3) is 0 Å². The van der Waals surface area contributed by atoms with E-state index in [1.165, 1.54) is 0 Å². The molecule has 4 rings (SSSR count). The number of nitrogens with zero attached hydrogens (tertiary/aromatic N) is 2. The van der Waals surface area contributed by atoms with Crippen LogP contribution in [-0.4, -0.2) is 37.8 Å². The third-order valence-electron chi connectivity index (χ3n) is 5.51. The molecule has 0 radical (unpaired) electrons. The van der Waals surface area contributed by atoms with Crippen LogP contribution < -0.4 is 4.90 Å². The minimum absolute atomic E-state index is 0.00219. The van der Waals surface area contributed by atoms with Crippen molar-refractivity contribution >= 4 is 37.5 Å². The molecule has 0 aromatic heterocycles. The van der Waals surface area contributed by atoms with Crippen molar-refractivity contribution in [3.63, 3.8) is 0 Å². The summed E-state index contributed by atoms with van der Waals surface area (Å²) in [5.41, 5.74) is 1.57. The maximum absolute atomic E-state index is 13.4. The summed E-state index contributed by atoms with van der Waals surface area (Å²) in [6, 6.07) is 3.63. The minimum atomic E-state index is -3.62. The molecule has 0 bridgehead atoms. The molecule has 1 atom stereocenters. The van der Waals surface area contributed by atoms with Gasteiger partial charge in [-0.05, 0) is 56.7 Å². The highest BCUT2D eigenvalue weighted by atomic mass is 79.9. The van der Waals surface area contributed by atoms with E-state index in [9.17, 15) is 13.2 Å². The van der Waals surface area contributed by atoms with Gasteiger partial charge in [-0.1, -0.05) is 22.4 Å². The number of hydrogen-bond donors (Lipinski definition) is 0. The Morgan fingerprint density at radius 2 is 1.92 bits per heavy atom. The van der Waals surface area contributed by atoms with Crippen molar-refractivity contribution in [2.75, 3.05) is 18.0 Å². The monoisotopic (exact) mass is 426 g/mol. The fourth-order valence-electron chi connectivity index (χ4n) is 3.99. The van der Waals surface area contributed by atoms with Gasteiger partial charge in [0, 0.05) is 29.5 Å². The van der Waals surface area contributed by atoms with Gasteiger partial charge >= 0.3 is 0 Å². The number of benzene rings is 1. The summed E-state index contributed by atoms with van der Waals surface area (Å²) in [6.45, 7) is 3.11. The fourth-order valence-corrected chi connectivity index (χ4v) is 6.61. The summed E-state index contributed by atoms with van der Waals surface area (Å²) in [5.74, 6) is 0.170. The Hall–Kier alpha value is -0.920. The average molecular weight is 427 g/mol. The van der Waals surface area contributed by atoms with Crippen LogP contribution in [0.15, 0.2) is 21.5 Å². The van der Waals surface area contributed by atoms with Gasteiger partial charge in [0.2, 0.25) is 15.9 Å². The van der Waals surface area contributed by atoms with Gasteiger partial charge < -0.3 is 4.90 Å². The van der Waals surface area contributed by atoms with Crippen molar-refractivity contribution in [2.24, 2.45) is 5.92 Å². The molecule has 2 aliphatic heterocycles. The third kappa shape index (κ3) is 3.04. The van der Waals surface area contributed by atoms with Crippen molar-refractivity contribution in [3.8, 4) is 0 Å². The number of fused-ring (bicyclic) bond motifs is 1. The molecule has 1 aromatic rings. The molecule has 1 aromatic carbocycles. The molecule has 1 saturated heterocycles. The number of rotatable bonds is 3. The number of amides is 1. The van der Waals surface area contributed by atoms with Crippen LogP contribution in [0.4, 0.5) is 5.69 Å². The van der Waals surface area contributed by atoms with Crippen molar-refractivity contribution in [1.29, 1.82) is 0 Å². The summed E-state index contributed by atoms with van der Waals surface area (Å²) >= 11 is 3.46. The summed E-state index contributed by atoms with van der Waals surface area (Å²) in [4.78, 5) is 14.7. The molecule has 2 heterocycles. The Labute approximate surface area is 157 Å². The van der Waals surface area contributed by atoms with Gasteiger partial charge in [-0.15, -0.1) is 0 Å². The molecular weight excluding hydrogens is 404 g/mol. The predicted molar refractivity (Wildman–Crippen MR) is 100 cm³/mol. The first-order valence-electron chi connectivity index (χ1n) is 9.05. The highest BCUT2D eigenvalue weighted by Crippen LogP contribution is 2.42. The van der Waals surface area contributed by atoms with Gasteiger partial charge in [-0.2, -0.15) is 4.31 Å². The third-order valence-corrected chi connectivity index (χ3v) is 8.00. The second kappa shape index (κ2) is 6.35. The van der Waals surface area contributed by atoms with E-state index in [4.69, 9.17) is 0 Å². The molecule has 136 valence electrons. The SMILES string of the molecule is C[C@@H]1CCCCN1S(=O)(=O)c1cc(Br)cc2c1N(C(=O)C1CC1)CC2. The van der Waals surface area contributed by atoms with Crippen LogP contribution >= 0.6 is 15.9 Å². The van der Waals surface area contributed by atoms with Crippen LogP contribution in [0.2, 0.25) is 0 Å². The molecule has 1 aliphatic carbocycles. The van der Waals surface area contributed by atoms with E-state index in [0.29, 0.717) is 25.2 Å².